The molecule has 1 aliphatic heterocycles. The smallest absolute Gasteiger partial charge is 0.258 e. The van der Waals surface area contributed by atoms with Crippen LogP contribution >= 0.6 is 0 Å². The molecule has 0 unspecified atom stereocenters. The van der Waals surface area contributed by atoms with Gasteiger partial charge in [0, 0.05) is 12.1 Å². The van der Waals surface area contributed by atoms with Crippen molar-refractivity contribution in [3.05, 3.63) is 65.5 Å². The molecular formula is C15H12FNO. The molecule has 0 aliphatic carbocycles. The van der Waals surface area contributed by atoms with E-state index in [1.165, 1.54) is 11.0 Å². The number of carbonyl (C=O) groups is 1. The van der Waals surface area contributed by atoms with Crippen molar-refractivity contribution in [1.29, 1.82) is 0 Å². The van der Waals surface area contributed by atoms with Crippen LogP contribution in [0.1, 0.15) is 15.9 Å². The first kappa shape index (κ1) is 11.0. The maximum Gasteiger partial charge on any atom is 0.258 e. The molecule has 0 fully saturated rings. The first-order chi connectivity index (χ1) is 8.77. The summed E-state index contributed by atoms with van der Waals surface area (Å²) in [5.74, 6) is -0.464. The first-order valence-electron chi connectivity index (χ1n) is 5.91. The van der Waals surface area contributed by atoms with Crippen molar-refractivity contribution < 1.29 is 9.18 Å². The van der Waals surface area contributed by atoms with E-state index in [2.05, 4.69) is 0 Å². The summed E-state index contributed by atoms with van der Waals surface area (Å²) in [4.78, 5) is 13.8. The van der Waals surface area contributed by atoms with Gasteiger partial charge in [-0.15, -0.1) is 0 Å². The molecule has 90 valence electrons. The number of hydrogen-bond donors (Lipinski definition) is 0. The molecule has 0 saturated heterocycles. The number of hydrogen-bond acceptors (Lipinski definition) is 1. The molecule has 0 atom stereocenters. The van der Waals surface area contributed by atoms with E-state index < -0.39 is 0 Å². The predicted molar refractivity (Wildman–Crippen MR) is 68.2 cm³/mol. The quantitative estimate of drug-likeness (QED) is 0.751. The molecule has 1 amide bonds. The van der Waals surface area contributed by atoms with Crippen LogP contribution in [0.3, 0.4) is 0 Å². The standard InChI is InChI=1S/C15H12FNO/c16-13-8-4-7-11-9-10-17(14(11)13)15(18)12-5-2-1-3-6-12/h1-8H,9-10H2. The summed E-state index contributed by atoms with van der Waals surface area (Å²) in [7, 11) is 0. The SMILES string of the molecule is O=C(c1ccccc1)N1CCc2cccc(F)c21. The van der Waals surface area contributed by atoms with Gasteiger partial charge in [-0.1, -0.05) is 30.3 Å². The van der Waals surface area contributed by atoms with Crippen LogP contribution in [0, 0.1) is 5.82 Å². The molecule has 0 bridgehead atoms. The van der Waals surface area contributed by atoms with E-state index in [-0.39, 0.29) is 11.7 Å². The molecule has 18 heavy (non-hydrogen) atoms. The average Bonchev–Trinajstić information content (AvgIpc) is 2.84. The highest BCUT2D eigenvalue weighted by atomic mass is 19.1. The lowest BCUT2D eigenvalue weighted by Gasteiger charge is -2.17. The Hall–Kier alpha value is -2.16. The third-order valence-electron chi connectivity index (χ3n) is 3.21. The third kappa shape index (κ3) is 1.68. The minimum Gasteiger partial charge on any atom is -0.305 e. The second-order valence-corrected chi connectivity index (χ2v) is 4.32. The van der Waals surface area contributed by atoms with E-state index in [4.69, 9.17) is 0 Å². The van der Waals surface area contributed by atoms with Gasteiger partial charge in [0.05, 0.1) is 5.69 Å². The Balaban J connectivity index is 2.00. The molecule has 0 N–H and O–H groups in total. The van der Waals surface area contributed by atoms with Crippen LogP contribution in [0.5, 0.6) is 0 Å². The van der Waals surface area contributed by atoms with Crippen LogP contribution in [0.25, 0.3) is 0 Å². The summed E-state index contributed by atoms with van der Waals surface area (Å²) in [5, 5.41) is 0. The lowest BCUT2D eigenvalue weighted by atomic mass is 10.1. The molecule has 3 rings (SSSR count). The first-order valence-corrected chi connectivity index (χ1v) is 5.91. The van der Waals surface area contributed by atoms with Gasteiger partial charge >= 0.3 is 0 Å². The van der Waals surface area contributed by atoms with Crippen LogP contribution in [0.2, 0.25) is 0 Å². The van der Waals surface area contributed by atoms with Crippen molar-refractivity contribution in [2.24, 2.45) is 0 Å². The lowest BCUT2D eigenvalue weighted by Crippen LogP contribution is -2.29. The zero-order valence-electron chi connectivity index (χ0n) is 9.77. The van der Waals surface area contributed by atoms with E-state index in [9.17, 15) is 9.18 Å². The number of carbonyl (C=O) groups excluding carboxylic acids is 1. The molecule has 2 aromatic rings. The average molecular weight is 241 g/mol. The van der Waals surface area contributed by atoms with Gasteiger partial charge in [-0.3, -0.25) is 4.79 Å². The number of nitrogens with zero attached hydrogens (tertiary/aromatic N) is 1. The van der Waals surface area contributed by atoms with Crippen molar-refractivity contribution in [2.45, 2.75) is 6.42 Å². The van der Waals surface area contributed by atoms with Crippen molar-refractivity contribution in [3.63, 3.8) is 0 Å². The number of anilines is 1. The Bertz CT molecular complexity index is 595. The molecule has 1 heterocycles. The highest BCUT2D eigenvalue weighted by Crippen LogP contribution is 2.31. The Morgan fingerprint density at radius 2 is 1.83 bits per heavy atom. The third-order valence-corrected chi connectivity index (χ3v) is 3.21. The fourth-order valence-electron chi connectivity index (χ4n) is 2.35. The zero-order valence-corrected chi connectivity index (χ0v) is 9.77. The number of rotatable bonds is 1. The van der Waals surface area contributed by atoms with Crippen molar-refractivity contribution in [2.75, 3.05) is 11.4 Å². The van der Waals surface area contributed by atoms with Crippen molar-refractivity contribution in [1.82, 2.24) is 0 Å². The summed E-state index contributed by atoms with van der Waals surface area (Å²) in [6.07, 6.45) is 0.714. The number of para-hydroxylation sites is 1. The van der Waals surface area contributed by atoms with E-state index in [0.29, 0.717) is 24.2 Å². The van der Waals surface area contributed by atoms with E-state index in [1.807, 2.05) is 24.3 Å². The molecule has 0 spiro atoms. The number of halogens is 1. The minimum atomic E-state index is -0.325. The lowest BCUT2D eigenvalue weighted by molar-refractivity contribution is 0.0988. The summed E-state index contributed by atoms with van der Waals surface area (Å²) in [6, 6.07) is 13.9. The predicted octanol–water partition coefficient (Wildman–Crippen LogP) is 3.03. The molecule has 1 aliphatic rings. The highest BCUT2D eigenvalue weighted by Gasteiger charge is 2.27. The maximum absolute atomic E-state index is 13.8. The van der Waals surface area contributed by atoms with Gasteiger partial charge in [-0.25, -0.2) is 4.39 Å². The summed E-state index contributed by atoms with van der Waals surface area (Å²) in [5.41, 5.74) is 1.93. The molecular weight excluding hydrogens is 229 g/mol. The minimum absolute atomic E-state index is 0.139. The van der Waals surface area contributed by atoms with E-state index >= 15 is 0 Å². The van der Waals surface area contributed by atoms with Gasteiger partial charge in [0.15, 0.2) is 0 Å². The molecule has 2 aromatic carbocycles. The number of benzene rings is 2. The Labute approximate surface area is 105 Å². The van der Waals surface area contributed by atoms with Crippen molar-refractivity contribution >= 4 is 11.6 Å². The molecule has 0 saturated carbocycles. The van der Waals surface area contributed by atoms with Crippen LogP contribution in [-0.4, -0.2) is 12.5 Å². The Morgan fingerprint density at radius 1 is 1.06 bits per heavy atom. The van der Waals surface area contributed by atoms with Crippen LogP contribution < -0.4 is 4.90 Å². The summed E-state index contributed by atoms with van der Waals surface area (Å²) in [6.45, 7) is 0.546. The van der Waals surface area contributed by atoms with E-state index in [1.54, 1.807) is 18.2 Å². The summed E-state index contributed by atoms with van der Waals surface area (Å²) >= 11 is 0. The topological polar surface area (TPSA) is 20.3 Å². The maximum atomic E-state index is 13.8. The molecule has 0 radical (unpaired) electrons. The van der Waals surface area contributed by atoms with Gasteiger partial charge < -0.3 is 4.90 Å². The fraction of sp³-hybridized carbons (Fsp3) is 0.133. The zero-order chi connectivity index (χ0) is 12.5. The number of fused-ring (bicyclic) bond motifs is 1. The summed E-state index contributed by atoms with van der Waals surface area (Å²) < 4.78 is 13.8. The molecule has 0 aromatic heterocycles. The van der Waals surface area contributed by atoms with E-state index in [0.717, 1.165) is 5.56 Å². The van der Waals surface area contributed by atoms with Crippen LogP contribution in [0.15, 0.2) is 48.5 Å². The van der Waals surface area contributed by atoms with Crippen molar-refractivity contribution in [3.8, 4) is 0 Å². The highest BCUT2D eigenvalue weighted by molar-refractivity contribution is 6.07. The monoisotopic (exact) mass is 241 g/mol. The fourth-order valence-corrected chi connectivity index (χ4v) is 2.35. The Kier molecular flexibility index (Phi) is 2.59. The van der Waals surface area contributed by atoms with Crippen LogP contribution in [0.4, 0.5) is 10.1 Å². The van der Waals surface area contributed by atoms with Gasteiger partial charge in [-0.2, -0.15) is 0 Å². The second kappa shape index (κ2) is 4.26. The normalized spacial score (nSPS) is 13.5. The molecule has 2 nitrogen and oxygen atoms in total. The largest absolute Gasteiger partial charge is 0.305 e. The van der Waals surface area contributed by atoms with Gasteiger partial charge in [-0.05, 0) is 30.2 Å². The molecule has 3 heteroatoms. The Morgan fingerprint density at radius 3 is 2.61 bits per heavy atom. The van der Waals surface area contributed by atoms with Gasteiger partial charge in [0.1, 0.15) is 5.82 Å². The van der Waals surface area contributed by atoms with Crippen LogP contribution in [-0.2, 0) is 6.42 Å². The number of amides is 1. The van der Waals surface area contributed by atoms with Gasteiger partial charge in [0.25, 0.3) is 5.91 Å². The second-order valence-electron chi connectivity index (χ2n) is 4.32. The van der Waals surface area contributed by atoms with Gasteiger partial charge in [0.2, 0.25) is 0 Å².